The molecule has 0 bridgehead atoms. The van der Waals surface area contributed by atoms with Crippen molar-refractivity contribution in [3.8, 4) is 0 Å². The lowest BCUT2D eigenvalue weighted by Gasteiger charge is -2.33. The molecule has 2 heterocycles. The largest absolute Gasteiger partial charge is 0.345 e. The Bertz CT molecular complexity index is 1140. The van der Waals surface area contributed by atoms with E-state index in [1.807, 2.05) is 36.6 Å². The van der Waals surface area contributed by atoms with E-state index in [0.717, 1.165) is 22.0 Å². The number of rotatable bonds is 5. The molecular formula is C21H21Cl2N3O2S2. The molecule has 4 rings (SSSR count). The van der Waals surface area contributed by atoms with Crippen LogP contribution in [-0.4, -0.2) is 43.9 Å². The van der Waals surface area contributed by atoms with E-state index in [9.17, 15) is 8.42 Å². The van der Waals surface area contributed by atoms with Gasteiger partial charge in [0.05, 0.1) is 20.6 Å². The summed E-state index contributed by atoms with van der Waals surface area (Å²) < 4.78 is 27.3. The standard InChI is InChI=1S/C21H21Cl2N3O2S2/c1-15-2-5-18(6-3-15)30(27,28)26-10-8-25(9-11-26)21-24-17(14-29-21)12-16-4-7-19(22)20(23)13-16/h2-7,13-14H,8-12H2,1H3. The van der Waals surface area contributed by atoms with Gasteiger partial charge in [0.1, 0.15) is 0 Å². The molecule has 0 radical (unpaired) electrons. The van der Waals surface area contributed by atoms with Crippen LogP contribution in [0.4, 0.5) is 5.13 Å². The van der Waals surface area contributed by atoms with E-state index in [2.05, 4.69) is 4.90 Å². The van der Waals surface area contributed by atoms with Gasteiger partial charge in [-0.15, -0.1) is 11.3 Å². The van der Waals surface area contributed by atoms with Gasteiger partial charge in [-0.05, 0) is 36.8 Å². The zero-order chi connectivity index (χ0) is 21.3. The number of halogens is 2. The average Bonchev–Trinajstić information content (AvgIpc) is 3.20. The third-order valence-electron chi connectivity index (χ3n) is 5.08. The monoisotopic (exact) mass is 481 g/mol. The summed E-state index contributed by atoms with van der Waals surface area (Å²) in [6, 6.07) is 12.6. The first kappa shape index (κ1) is 21.6. The first-order valence-electron chi connectivity index (χ1n) is 9.53. The molecule has 1 aromatic heterocycles. The number of thiazole rings is 1. The zero-order valence-electron chi connectivity index (χ0n) is 16.4. The van der Waals surface area contributed by atoms with Crippen LogP contribution in [0.25, 0.3) is 0 Å². The van der Waals surface area contributed by atoms with E-state index in [1.165, 1.54) is 0 Å². The van der Waals surface area contributed by atoms with Gasteiger partial charge >= 0.3 is 0 Å². The molecule has 2 aromatic carbocycles. The van der Waals surface area contributed by atoms with Crippen molar-refractivity contribution in [1.82, 2.24) is 9.29 Å². The third kappa shape index (κ3) is 4.65. The lowest BCUT2D eigenvalue weighted by atomic mass is 10.1. The molecule has 0 unspecified atom stereocenters. The topological polar surface area (TPSA) is 53.5 Å². The van der Waals surface area contributed by atoms with Crippen LogP contribution < -0.4 is 4.90 Å². The highest BCUT2D eigenvalue weighted by molar-refractivity contribution is 7.89. The van der Waals surface area contributed by atoms with Crippen molar-refractivity contribution in [1.29, 1.82) is 0 Å². The molecule has 158 valence electrons. The molecule has 3 aromatic rings. The summed E-state index contributed by atoms with van der Waals surface area (Å²) in [7, 11) is -3.46. The highest BCUT2D eigenvalue weighted by Gasteiger charge is 2.29. The second-order valence-electron chi connectivity index (χ2n) is 7.25. The third-order valence-corrected chi connectivity index (χ3v) is 8.68. The smallest absolute Gasteiger partial charge is 0.243 e. The Labute approximate surface area is 190 Å². The molecule has 0 amide bonds. The van der Waals surface area contributed by atoms with Gasteiger partial charge in [0.2, 0.25) is 10.0 Å². The Kier molecular flexibility index (Phi) is 6.36. The van der Waals surface area contributed by atoms with Crippen LogP contribution in [0.2, 0.25) is 10.0 Å². The number of benzene rings is 2. The van der Waals surface area contributed by atoms with Crippen LogP contribution in [0.1, 0.15) is 16.8 Å². The molecule has 30 heavy (non-hydrogen) atoms. The number of sulfonamides is 1. The predicted molar refractivity (Wildman–Crippen MR) is 124 cm³/mol. The number of nitrogens with zero attached hydrogens (tertiary/aromatic N) is 3. The van der Waals surface area contributed by atoms with Crippen molar-refractivity contribution >= 4 is 49.7 Å². The molecule has 1 saturated heterocycles. The van der Waals surface area contributed by atoms with Crippen LogP contribution in [0.3, 0.4) is 0 Å². The normalized spacial score (nSPS) is 15.5. The van der Waals surface area contributed by atoms with E-state index in [4.69, 9.17) is 28.2 Å². The van der Waals surface area contributed by atoms with E-state index < -0.39 is 10.0 Å². The van der Waals surface area contributed by atoms with Crippen molar-refractivity contribution in [2.24, 2.45) is 0 Å². The van der Waals surface area contributed by atoms with Crippen LogP contribution in [0.15, 0.2) is 52.7 Å². The summed E-state index contributed by atoms with van der Waals surface area (Å²) >= 11 is 13.7. The van der Waals surface area contributed by atoms with E-state index in [1.54, 1.807) is 33.8 Å². The molecule has 0 N–H and O–H groups in total. The predicted octanol–water partition coefficient (Wildman–Crippen LogP) is 4.86. The Balaban J connectivity index is 1.40. The Hall–Kier alpha value is -1.64. The molecule has 1 aliphatic heterocycles. The van der Waals surface area contributed by atoms with E-state index >= 15 is 0 Å². The minimum absolute atomic E-state index is 0.347. The summed E-state index contributed by atoms with van der Waals surface area (Å²) in [5.74, 6) is 0. The quantitative estimate of drug-likeness (QED) is 0.521. The second kappa shape index (κ2) is 8.85. The SMILES string of the molecule is Cc1ccc(S(=O)(=O)N2CCN(c3nc(Cc4ccc(Cl)c(Cl)c4)cs3)CC2)cc1. The van der Waals surface area contributed by atoms with Gasteiger partial charge in [-0.1, -0.05) is 47.0 Å². The first-order valence-corrected chi connectivity index (χ1v) is 12.6. The van der Waals surface area contributed by atoms with E-state index in [0.29, 0.717) is 47.5 Å². The number of hydrogen-bond donors (Lipinski definition) is 0. The Morgan fingerprint density at radius 2 is 1.70 bits per heavy atom. The first-order chi connectivity index (χ1) is 14.3. The van der Waals surface area contributed by atoms with Crippen molar-refractivity contribution in [2.75, 3.05) is 31.1 Å². The van der Waals surface area contributed by atoms with Crippen molar-refractivity contribution in [2.45, 2.75) is 18.2 Å². The average molecular weight is 482 g/mol. The van der Waals surface area contributed by atoms with Gasteiger partial charge in [0, 0.05) is 38.0 Å². The second-order valence-corrected chi connectivity index (χ2v) is 10.8. The molecule has 1 aliphatic rings. The minimum Gasteiger partial charge on any atom is -0.345 e. The lowest BCUT2D eigenvalue weighted by molar-refractivity contribution is 0.384. The lowest BCUT2D eigenvalue weighted by Crippen LogP contribution is -2.48. The zero-order valence-corrected chi connectivity index (χ0v) is 19.5. The molecule has 1 fully saturated rings. The van der Waals surface area contributed by atoms with Gasteiger partial charge in [-0.25, -0.2) is 13.4 Å². The maximum atomic E-state index is 12.9. The molecule has 0 spiro atoms. The maximum Gasteiger partial charge on any atom is 0.243 e. The number of piperazine rings is 1. The van der Waals surface area contributed by atoms with Crippen LogP contribution in [0, 0.1) is 6.92 Å². The summed E-state index contributed by atoms with van der Waals surface area (Å²) in [6.07, 6.45) is 0.676. The fourth-order valence-electron chi connectivity index (χ4n) is 3.36. The fraction of sp³-hybridized carbons (Fsp3) is 0.286. The molecule has 0 atom stereocenters. The summed E-state index contributed by atoms with van der Waals surface area (Å²) in [4.78, 5) is 7.23. The molecule has 9 heteroatoms. The number of aryl methyl sites for hydroxylation is 1. The van der Waals surface area contributed by atoms with Gasteiger partial charge in [0.25, 0.3) is 0 Å². The van der Waals surface area contributed by atoms with Crippen LogP contribution in [0.5, 0.6) is 0 Å². The molecule has 0 aliphatic carbocycles. The fourth-order valence-corrected chi connectivity index (χ4v) is 5.98. The minimum atomic E-state index is -3.46. The maximum absolute atomic E-state index is 12.9. The van der Waals surface area contributed by atoms with Gasteiger partial charge in [-0.3, -0.25) is 0 Å². The van der Waals surface area contributed by atoms with Crippen molar-refractivity contribution in [3.05, 3.63) is 74.7 Å². The van der Waals surface area contributed by atoms with E-state index in [-0.39, 0.29) is 0 Å². The van der Waals surface area contributed by atoms with Gasteiger partial charge < -0.3 is 4.90 Å². The molecule has 5 nitrogen and oxygen atoms in total. The van der Waals surface area contributed by atoms with Crippen molar-refractivity contribution < 1.29 is 8.42 Å². The number of aromatic nitrogens is 1. The summed E-state index contributed by atoms with van der Waals surface area (Å²) in [5.41, 5.74) is 3.05. The van der Waals surface area contributed by atoms with Gasteiger partial charge in [-0.2, -0.15) is 4.31 Å². The molecule has 0 saturated carbocycles. The van der Waals surface area contributed by atoms with Crippen LogP contribution in [-0.2, 0) is 16.4 Å². The van der Waals surface area contributed by atoms with Crippen LogP contribution >= 0.6 is 34.5 Å². The van der Waals surface area contributed by atoms with Crippen molar-refractivity contribution in [3.63, 3.8) is 0 Å². The number of anilines is 1. The van der Waals surface area contributed by atoms with Gasteiger partial charge in [0.15, 0.2) is 5.13 Å². The molecular weight excluding hydrogens is 461 g/mol. The Morgan fingerprint density at radius 1 is 1.00 bits per heavy atom. The highest BCUT2D eigenvalue weighted by Crippen LogP contribution is 2.27. The summed E-state index contributed by atoms with van der Waals surface area (Å²) in [5, 5.41) is 4.03. The number of hydrogen-bond acceptors (Lipinski definition) is 5. The highest BCUT2D eigenvalue weighted by atomic mass is 35.5. The summed E-state index contributed by atoms with van der Waals surface area (Å²) in [6.45, 7) is 4.06. The Morgan fingerprint density at radius 3 is 2.37 bits per heavy atom.